The number of benzene rings is 2. The topological polar surface area (TPSA) is 99.6 Å². The minimum atomic E-state index is -4.05. The van der Waals surface area contributed by atoms with E-state index in [1.807, 2.05) is 6.07 Å². The van der Waals surface area contributed by atoms with Gasteiger partial charge >= 0.3 is 0 Å². The highest BCUT2D eigenvalue weighted by Gasteiger charge is 2.39. The highest BCUT2D eigenvalue weighted by atomic mass is 32.2. The van der Waals surface area contributed by atoms with Gasteiger partial charge in [-0.1, -0.05) is 37.3 Å². The SMILES string of the molecule is Cc1cccc(-c2ccc(C(=O)NS(=O)(=O)c3ccccc3)c(N3C[C@@H](C)CC3(C)C)n2)c1O.[HH]. The number of nitrogens with one attached hydrogen (secondary N) is 1. The quantitative estimate of drug-likeness (QED) is 0.545. The van der Waals surface area contributed by atoms with Crippen LogP contribution >= 0.6 is 0 Å². The molecular weight excluding hydrogens is 450 g/mol. The maximum atomic E-state index is 13.3. The summed E-state index contributed by atoms with van der Waals surface area (Å²) in [6, 6.07) is 16.4. The van der Waals surface area contributed by atoms with E-state index in [1.165, 1.54) is 12.1 Å². The number of sulfonamides is 1. The summed E-state index contributed by atoms with van der Waals surface area (Å²) in [4.78, 5) is 20.1. The molecule has 8 heteroatoms. The van der Waals surface area contributed by atoms with Crippen LogP contribution in [0.5, 0.6) is 5.75 Å². The van der Waals surface area contributed by atoms with Gasteiger partial charge in [-0.25, -0.2) is 18.1 Å². The first kappa shape index (κ1) is 23.8. The number of anilines is 1. The van der Waals surface area contributed by atoms with E-state index in [0.717, 1.165) is 6.42 Å². The molecule has 7 nitrogen and oxygen atoms in total. The molecule has 0 radical (unpaired) electrons. The molecule has 1 amide bonds. The molecule has 2 aromatic carbocycles. The number of aryl methyl sites for hydroxylation is 1. The van der Waals surface area contributed by atoms with Crippen molar-refractivity contribution in [1.29, 1.82) is 0 Å². The fourth-order valence-corrected chi connectivity index (χ4v) is 5.63. The van der Waals surface area contributed by atoms with E-state index in [0.29, 0.717) is 35.1 Å². The Morgan fingerprint density at radius 2 is 1.82 bits per heavy atom. The standard InChI is InChI=1S/C26H29N3O4S.H2/c1-17-15-26(3,4)29(16-17)24-21(25(31)28-34(32,33)19-10-6-5-7-11-19)13-14-22(27-24)20-12-8-9-18(2)23(20)30;/h5-14,17,30H,15-16H2,1-4H3,(H,28,31);1H/t17-;/m0./s1. The Hall–Kier alpha value is -3.39. The Morgan fingerprint density at radius 3 is 2.47 bits per heavy atom. The number of aromatic hydroxyl groups is 1. The third-order valence-electron chi connectivity index (χ3n) is 6.24. The Bertz CT molecular complexity index is 1340. The first-order chi connectivity index (χ1) is 16.0. The second-order valence-corrected chi connectivity index (χ2v) is 11.2. The van der Waals surface area contributed by atoms with Gasteiger partial charge in [-0.15, -0.1) is 0 Å². The first-order valence-electron chi connectivity index (χ1n) is 11.2. The Labute approximate surface area is 202 Å². The van der Waals surface area contributed by atoms with E-state index in [9.17, 15) is 18.3 Å². The van der Waals surface area contributed by atoms with E-state index < -0.39 is 15.9 Å². The van der Waals surface area contributed by atoms with Gasteiger partial charge in [0.05, 0.1) is 16.2 Å². The van der Waals surface area contributed by atoms with Crippen LogP contribution in [0.2, 0.25) is 0 Å². The fourth-order valence-electron chi connectivity index (χ4n) is 4.64. The Morgan fingerprint density at radius 1 is 1.12 bits per heavy atom. The van der Waals surface area contributed by atoms with Crippen molar-refractivity contribution in [1.82, 2.24) is 9.71 Å². The molecule has 2 N–H and O–H groups in total. The van der Waals surface area contributed by atoms with Gasteiger partial charge in [0.2, 0.25) is 0 Å². The van der Waals surface area contributed by atoms with Crippen molar-refractivity contribution in [2.24, 2.45) is 5.92 Å². The molecule has 34 heavy (non-hydrogen) atoms. The molecule has 0 unspecified atom stereocenters. The molecule has 1 fully saturated rings. The maximum Gasteiger partial charge on any atom is 0.268 e. The Kier molecular flexibility index (Phi) is 6.12. The molecule has 0 bridgehead atoms. The van der Waals surface area contributed by atoms with Crippen LogP contribution < -0.4 is 9.62 Å². The minimum Gasteiger partial charge on any atom is -0.507 e. The van der Waals surface area contributed by atoms with Crippen LogP contribution in [0.15, 0.2) is 65.6 Å². The molecule has 1 aliphatic rings. The number of carbonyl (C=O) groups excluding carboxylic acids is 1. The number of aromatic nitrogens is 1. The number of phenols is 1. The van der Waals surface area contributed by atoms with Crippen LogP contribution in [0.1, 0.15) is 44.5 Å². The van der Waals surface area contributed by atoms with Crippen molar-refractivity contribution < 1.29 is 19.7 Å². The van der Waals surface area contributed by atoms with Crippen LogP contribution in [0.4, 0.5) is 5.82 Å². The van der Waals surface area contributed by atoms with Crippen molar-refractivity contribution in [3.8, 4) is 17.0 Å². The summed E-state index contributed by atoms with van der Waals surface area (Å²) in [6.45, 7) is 8.78. The van der Waals surface area contributed by atoms with Gasteiger partial charge in [0.1, 0.15) is 11.6 Å². The lowest BCUT2D eigenvalue weighted by molar-refractivity contribution is 0.0981. The molecule has 3 aromatic rings. The summed E-state index contributed by atoms with van der Waals surface area (Å²) in [5.74, 6) is 0.144. The largest absolute Gasteiger partial charge is 0.507 e. The number of pyridine rings is 1. The molecule has 4 rings (SSSR count). The highest BCUT2D eigenvalue weighted by Crippen LogP contribution is 2.39. The third-order valence-corrected chi connectivity index (χ3v) is 7.59. The van der Waals surface area contributed by atoms with Crippen molar-refractivity contribution in [2.45, 2.75) is 44.6 Å². The van der Waals surface area contributed by atoms with E-state index in [1.54, 1.807) is 49.4 Å². The normalized spacial score (nSPS) is 17.5. The number of amides is 1. The lowest BCUT2D eigenvalue weighted by Gasteiger charge is -2.34. The summed E-state index contributed by atoms with van der Waals surface area (Å²) in [6.07, 6.45) is 0.901. The molecular formula is C26H31N3O4S. The summed E-state index contributed by atoms with van der Waals surface area (Å²) >= 11 is 0. The molecule has 2 heterocycles. The van der Waals surface area contributed by atoms with E-state index in [2.05, 4.69) is 30.4 Å². The predicted octanol–water partition coefficient (Wildman–Crippen LogP) is 4.75. The van der Waals surface area contributed by atoms with Crippen LogP contribution in [0.25, 0.3) is 11.3 Å². The van der Waals surface area contributed by atoms with Crippen molar-refractivity contribution in [3.63, 3.8) is 0 Å². The van der Waals surface area contributed by atoms with Crippen molar-refractivity contribution >= 4 is 21.7 Å². The van der Waals surface area contributed by atoms with Gasteiger partial charge < -0.3 is 10.0 Å². The first-order valence-corrected chi connectivity index (χ1v) is 12.7. The fraction of sp³-hybridized carbons (Fsp3) is 0.308. The Balaban J connectivity index is 0.00000342. The summed E-state index contributed by atoms with van der Waals surface area (Å²) < 4.78 is 27.8. The zero-order chi connectivity index (χ0) is 24.7. The molecule has 180 valence electrons. The number of phenolic OH excluding ortho intramolecular Hbond substituents is 1. The predicted molar refractivity (Wildman–Crippen MR) is 134 cm³/mol. The van der Waals surface area contributed by atoms with Gasteiger partial charge in [0.25, 0.3) is 15.9 Å². The number of hydrogen-bond acceptors (Lipinski definition) is 6. The second-order valence-electron chi connectivity index (χ2n) is 9.52. The van der Waals surface area contributed by atoms with Gasteiger partial charge in [0, 0.05) is 19.1 Å². The molecule has 0 aliphatic carbocycles. The molecule has 1 aromatic heterocycles. The second kappa shape index (κ2) is 8.76. The maximum absolute atomic E-state index is 13.3. The lowest BCUT2D eigenvalue weighted by atomic mass is 9.97. The van der Waals surface area contributed by atoms with Gasteiger partial charge in [-0.2, -0.15) is 0 Å². The number of nitrogens with zero attached hydrogens (tertiary/aromatic N) is 2. The van der Waals surface area contributed by atoms with Gasteiger partial charge in [0.15, 0.2) is 0 Å². The average molecular weight is 482 g/mol. The third kappa shape index (κ3) is 4.50. The van der Waals surface area contributed by atoms with E-state index in [-0.39, 0.29) is 23.2 Å². The molecule has 1 atom stereocenters. The summed E-state index contributed by atoms with van der Waals surface area (Å²) in [5, 5.41) is 10.6. The molecule has 0 spiro atoms. The van der Waals surface area contributed by atoms with Crippen LogP contribution in [0.3, 0.4) is 0 Å². The minimum absolute atomic E-state index is 0. The van der Waals surface area contributed by atoms with Gasteiger partial charge in [-0.3, -0.25) is 4.79 Å². The highest BCUT2D eigenvalue weighted by molar-refractivity contribution is 7.90. The lowest BCUT2D eigenvalue weighted by Crippen LogP contribution is -2.41. The number of rotatable bonds is 5. The van der Waals surface area contributed by atoms with Crippen LogP contribution in [0, 0.1) is 12.8 Å². The molecule has 0 saturated carbocycles. The van der Waals surface area contributed by atoms with Crippen molar-refractivity contribution in [3.05, 3.63) is 71.8 Å². The zero-order valence-corrected chi connectivity index (χ0v) is 20.6. The van der Waals surface area contributed by atoms with Crippen molar-refractivity contribution in [2.75, 3.05) is 11.4 Å². The molecule has 1 saturated heterocycles. The van der Waals surface area contributed by atoms with Gasteiger partial charge in [-0.05, 0) is 69.0 Å². The average Bonchev–Trinajstić information content (AvgIpc) is 3.07. The van der Waals surface area contributed by atoms with E-state index in [4.69, 9.17) is 4.98 Å². The molecule has 1 aliphatic heterocycles. The summed E-state index contributed by atoms with van der Waals surface area (Å²) in [7, 11) is -4.05. The number of carbonyl (C=O) groups is 1. The van der Waals surface area contributed by atoms with Crippen LogP contribution in [-0.4, -0.2) is 36.5 Å². The van der Waals surface area contributed by atoms with E-state index >= 15 is 0 Å². The number of hydrogen-bond donors (Lipinski definition) is 2. The monoisotopic (exact) mass is 481 g/mol. The summed E-state index contributed by atoms with van der Waals surface area (Å²) in [5.41, 5.74) is 1.65. The van der Waals surface area contributed by atoms with Crippen LogP contribution in [-0.2, 0) is 10.0 Å². The number of para-hydroxylation sites is 1. The zero-order valence-electron chi connectivity index (χ0n) is 19.7. The smallest absolute Gasteiger partial charge is 0.268 e.